The first kappa shape index (κ1) is 10.1. The third kappa shape index (κ3) is 2.01. The smallest absolute Gasteiger partial charge is 0.265 e. The van der Waals surface area contributed by atoms with Crippen LogP contribution in [-0.4, -0.2) is 11.3 Å². The standard InChI is InChI=1S/C8H6ClF2NO/c9-1-6-5(4-13)2-12-3-7(6)8(10)11/h2-4,8H,1H2. The highest BCUT2D eigenvalue weighted by molar-refractivity contribution is 6.17. The molecule has 0 aliphatic carbocycles. The van der Waals surface area contributed by atoms with Crippen LogP contribution < -0.4 is 0 Å². The van der Waals surface area contributed by atoms with Gasteiger partial charge >= 0.3 is 0 Å². The van der Waals surface area contributed by atoms with Crippen molar-refractivity contribution in [3.63, 3.8) is 0 Å². The molecule has 1 heterocycles. The molecular weight excluding hydrogens is 200 g/mol. The Morgan fingerprint density at radius 2 is 2.23 bits per heavy atom. The highest BCUT2D eigenvalue weighted by Gasteiger charge is 2.15. The van der Waals surface area contributed by atoms with Gasteiger partial charge in [-0.15, -0.1) is 11.6 Å². The zero-order valence-electron chi connectivity index (χ0n) is 6.51. The van der Waals surface area contributed by atoms with Crippen LogP contribution in [0.15, 0.2) is 12.4 Å². The van der Waals surface area contributed by atoms with Gasteiger partial charge < -0.3 is 0 Å². The molecule has 0 saturated heterocycles. The summed E-state index contributed by atoms with van der Waals surface area (Å²) in [6, 6.07) is 0. The molecular formula is C8H6ClF2NO. The van der Waals surface area contributed by atoms with Crippen molar-refractivity contribution in [1.82, 2.24) is 4.98 Å². The van der Waals surface area contributed by atoms with Crippen LogP contribution in [0.25, 0.3) is 0 Å². The molecule has 0 saturated carbocycles. The minimum Gasteiger partial charge on any atom is -0.298 e. The van der Waals surface area contributed by atoms with Gasteiger partial charge in [0.05, 0.1) is 0 Å². The zero-order chi connectivity index (χ0) is 9.84. The van der Waals surface area contributed by atoms with Crippen LogP contribution in [-0.2, 0) is 5.88 Å². The Labute approximate surface area is 78.5 Å². The second-order valence-electron chi connectivity index (χ2n) is 2.35. The molecule has 0 aromatic carbocycles. The van der Waals surface area contributed by atoms with Crippen molar-refractivity contribution in [2.24, 2.45) is 0 Å². The first-order valence-electron chi connectivity index (χ1n) is 3.46. The Kier molecular flexibility index (Phi) is 3.31. The summed E-state index contributed by atoms with van der Waals surface area (Å²) in [5, 5.41) is 0. The third-order valence-corrected chi connectivity index (χ3v) is 1.89. The summed E-state index contributed by atoms with van der Waals surface area (Å²) in [6.45, 7) is 0. The molecule has 1 rings (SSSR count). The highest BCUT2D eigenvalue weighted by atomic mass is 35.5. The Balaban J connectivity index is 3.26. The molecule has 1 aromatic heterocycles. The topological polar surface area (TPSA) is 30.0 Å². The number of carbonyl (C=O) groups excluding carboxylic acids is 1. The Bertz CT molecular complexity index is 317. The first-order valence-corrected chi connectivity index (χ1v) is 4.00. The van der Waals surface area contributed by atoms with E-state index in [1.807, 2.05) is 0 Å². The molecule has 1 aromatic rings. The van der Waals surface area contributed by atoms with Crippen molar-refractivity contribution in [2.45, 2.75) is 12.3 Å². The number of hydrogen-bond acceptors (Lipinski definition) is 2. The summed E-state index contributed by atoms with van der Waals surface area (Å²) in [6.07, 6.45) is 0.0592. The second kappa shape index (κ2) is 4.28. The van der Waals surface area contributed by atoms with Gasteiger partial charge in [0, 0.05) is 29.4 Å². The predicted molar refractivity (Wildman–Crippen MR) is 44.1 cm³/mol. The van der Waals surface area contributed by atoms with E-state index in [-0.39, 0.29) is 22.6 Å². The predicted octanol–water partition coefficient (Wildman–Crippen LogP) is 2.57. The molecule has 70 valence electrons. The van der Waals surface area contributed by atoms with Crippen molar-refractivity contribution >= 4 is 17.9 Å². The van der Waals surface area contributed by atoms with Crippen molar-refractivity contribution in [1.29, 1.82) is 0 Å². The Morgan fingerprint density at radius 1 is 1.54 bits per heavy atom. The van der Waals surface area contributed by atoms with E-state index in [2.05, 4.69) is 4.98 Å². The van der Waals surface area contributed by atoms with Gasteiger partial charge in [-0.25, -0.2) is 8.78 Å². The normalized spacial score (nSPS) is 10.5. The summed E-state index contributed by atoms with van der Waals surface area (Å²) < 4.78 is 24.6. The molecule has 0 fully saturated rings. The average Bonchev–Trinajstić information content (AvgIpc) is 2.16. The molecule has 0 unspecified atom stereocenters. The lowest BCUT2D eigenvalue weighted by Gasteiger charge is -2.06. The Hall–Kier alpha value is -1.03. The van der Waals surface area contributed by atoms with E-state index >= 15 is 0 Å². The van der Waals surface area contributed by atoms with E-state index in [0.717, 1.165) is 6.20 Å². The highest BCUT2D eigenvalue weighted by Crippen LogP contribution is 2.24. The largest absolute Gasteiger partial charge is 0.298 e. The average molecular weight is 206 g/mol. The number of pyridine rings is 1. The quantitative estimate of drug-likeness (QED) is 0.561. The third-order valence-electron chi connectivity index (χ3n) is 1.62. The van der Waals surface area contributed by atoms with Gasteiger partial charge in [-0.3, -0.25) is 9.78 Å². The number of carbonyl (C=O) groups is 1. The van der Waals surface area contributed by atoms with Crippen LogP contribution in [0.2, 0.25) is 0 Å². The van der Waals surface area contributed by atoms with E-state index in [0.29, 0.717) is 6.29 Å². The maximum atomic E-state index is 12.3. The molecule has 5 heteroatoms. The number of aromatic nitrogens is 1. The minimum atomic E-state index is -2.65. The van der Waals surface area contributed by atoms with Crippen LogP contribution in [0.4, 0.5) is 8.78 Å². The summed E-state index contributed by atoms with van der Waals surface area (Å²) in [4.78, 5) is 13.9. The number of aldehydes is 1. The molecule has 0 spiro atoms. The molecule has 0 aliphatic heterocycles. The van der Waals surface area contributed by atoms with Gasteiger partial charge in [-0.05, 0) is 5.56 Å². The second-order valence-corrected chi connectivity index (χ2v) is 2.62. The number of hydrogen-bond donors (Lipinski definition) is 0. The fraction of sp³-hybridized carbons (Fsp3) is 0.250. The van der Waals surface area contributed by atoms with E-state index < -0.39 is 6.43 Å². The summed E-state index contributed by atoms with van der Waals surface area (Å²) in [7, 11) is 0. The van der Waals surface area contributed by atoms with E-state index in [1.54, 1.807) is 0 Å². The summed E-state index contributed by atoms with van der Waals surface area (Å²) >= 11 is 5.44. The monoisotopic (exact) mass is 205 g/mol. The molecule has 2 nitrogen and oxygen atoms in total. The lowest BCUT2D eigenvalue weighted by Crippen LogP contribution is -1.99. The number of rotatable bonds is 3. The van der Waals surface area contributed by atoms with Gasteiger partial charge in [-0.2, -0.15) is 0 Å². The zero-order valence-corrected chi connectivity index (χ0v) is 7.26. The molecule has 13 heavy (non-hydrogen) atoms. The maximum Gasteiger partial charge on any atom is 0.265 e. The minimum absolute atomic E-state index is 0.115. The van der Waals surface area contributed by atoms with Crippen molar-refractivity contribution in [3.8, 4) is 0 Å². The van der Waals surface area contributed by atoms with Crippen molar-refractivity contribution < 1.29 is 13.6 Å². The van der Waals surface area contributed by atoms with Gasteiger partial charge in [0.1, 0.15) is 0 Å². The molecule has 0 atom stereocenters. The van der Waals surface area contributed by atoms with Gasteiger partial charge in [0.25, 0.3) is 6.43 Å². The van der Waals surface area contributed by atoms with Gasteiger partial charge in [0.15, 0.2) is 6.29 Å². The molecule has 0 bridgehead atoms. The number of halogens is 3. The van der Waals surface area contributed by atoms with Gasteiger partial charge in [0.2, 0.25) is 0 Å². The van der Waals surface area contributed by atoms with Crippen LogP contribution >= 0.6 is 11.6 Å². The summed E-state index contributed by atoms with van der Waals surface area (Å²) in [5.74, 6) is -0.115. The number of nitrogens with zero attached hydrogens (tertiary/aromatic N) is 1. The molecule has 0 aliphatic rings. The van der Waals surface area contributed by atoms with E-state index in [9.17, 15) is 13.6 Å². The van der Waals surface area contributed by atoms with Crippen LogP contribution in [0.5, 0.6) is 0 Å². The SMILES string of the molecule is O=Cc1cncc(C(F)F)c1CCl. The van der Waals surface area contributed by atoms with E-state index in [4.69, 9.17) is 11.6 Å². The fourth-order valence-electron chi connectivity index (χ4n) is 0.964. The summed E-state index contributed by atoms with van der Waals surface area (Å²) in [5.41, 5.74) is -0.00549. The Morgan fingerprint density at radius 3 is 2.69 bits per heavy atom. The lowest BCUT2D eigenvalue weighted by molar-refractivity contribution is 0.112. The van der Waals surface area contributed by atoms with Crippen molar-refractivity contribution in [2.75, 3.05) is 0 Å². The maximum absolute atomic E-state index is 12.3. The van der Waals surface area contributed by atoms with Crippen molar-refractivity contribution in [3.05, 3.63) is 29.1 Å². The molecule has 0 amide bonds. The fourth-order valence-corrected chi connectivity index (χ4v) is 1.27. The molecule has 0 radical (unpaired) electrons. The van der Waals surface area contributed by atoms with Crippen LogP contribution in [0.3, 0.4) is 0 Å². The van der Waals surface area contributed by atoms with Crippen LogP contribution in [0, 0.1) is 0 Å². The van der Waals surface area contributed by atoms with Gasteiger partial charge in [-0.1, -0.05) is 0 Å². The lowest BCUT2D eigenvalue weighted by atomic mass is 10.1. The van der Waals surface area contributed by atoms with E-state index in [1.165, 1.54) is 6.20 Å². The first-order chi connectivity index (χ1) is 6.20. The molecule has 0 N–H and O–H groups in total. The van der Waals surface area contributed by atoms with Crippen LogP contribution in [0.1, 0.15) is 27.9 Å². The number of alkyl halides is 3.